The smallest absolute Gasteiger partial charge is 0.239 e. The number of aromatic hydroxyl groups is 1. The Bertz CT molecular complexity index is 561. The Hall–Kier alpha value is -1.75. The normalized spacial score (nSPS) is 21.1. The van der Waals surface area contributed by atoms with Gasteiger partial charge in [-0.1, -0.05) is 19.3 Å². The average Bonchev–Trinajstić information content (AvgIpc) is 2.67. The van der Waals surface area contributed by atoms with Crippen LogP contribution < -0.4 is 4.90 Å². The second-order valence-corrected chi connectivity index (χ2v) is 7.46. The number of phenolic OH excluding ortho intramolecular Hbond substituents is 1. The summed E-state index contributed by atoms with van der Waals surface area (Å²) >= 11 is 0. The Morgan fingerprint density at radius 3 is 2.28 bits per heavy atom. The van der Waals surface area contributed by atoms with Crippen LogP contribution in [-0.2, 0) is 4.79 Å². The second kappa shape index (κ2) is 8.09. The maximum atomic E-state index is 12.9. The first kappa shape index (κ1) is 18.1. The molecule has 1 aliphatic carbocycles. The number of benzene rings is 1. The standard InChI is InChI=1S/C20H31N3O2/c1-16(20(25)21(2)17-6-4-3-5-7-17)22-12-14-23(15-13-22)18-8-10-19(24)11-9-18/h8-11,16-17,24H,3-7,12-15H2,1-2H3/t16-/m0/s1. The van der Waals surface area contributed by atoms with Gasteiger partial charge in [0.05, 0.1) is 6.04 Å². The molecule has 1 aromatic rings. The van der Waals surface area contributed by atoms with Gasteiger partial charge in [0.25, 0.3) is 0 Å². The molecule has 1 aromatic carbocycles. The van der Waals surface area contributed by atoms with Gasteiger partial charge in [-0.05, 0) is 44.0 Å². The van der Waals surface area contributed by atoms with Crippen molar-refractivity contribution in [3.8, 4) is 5.75 Å². The molecule has 1 saturated carbocycles. The third-order valence-corrected chi connectivity index (χ3v) is 5.90. The SMILES string of the molecule is C[C@@H](C(=O)N(C)C1CCCCC1)N1CCN(c2ccc(O)cc2)CC1. The molecule has 0 aromatic heterocycles. The van der Waals surface area contributed by atoms with Gasteiger partial charge >= 0.3 is 0 Å². The zero-order chi connectivity index (χ0) is 17.8. The minimum absolute atomic E-state index is 0.0473. The van der Waals surface area contributed by atoms with Gasteiger partial charge in [0.1, 0.15) is 5.75 Å². The topological polar surface area (TPSA) is 47.0 Å². The highest BCUT2D eigenvalue weighted by atomic mass is 16.3. The molecule has 25 heavy (non-hydrogen) atoms. The van der Waals surface area contributed by atoms with E-state index >= 15 is 0 Å². The van der Waals surface area contributed by atoms with Crippen LogP contribution in [0.25, 0.3) is 0 Å². The quantitative estimate of drug-likeness (QED) is 0.911. The first-order valence-electron chi connectivity index (χ1n) is 9.61. The van der Waals surface area contributed by atoms with Gasteiger partial charge in [-0.3, -0.25) is 9.69 Å². The summed E-state index contributed by atoms with van der Waals surface area (Å²) in [5, 5.41) is 9.42. The number of amides is 1. The molecule has 2 fully saturated rings. The minimum Gasteiger partial charge on any atom is -0.508 e. The van der Waals surface area contributed by atoms with Crippen LogP contribution in [-0.4, -0.2) is 66.1 Å². The molecule has 5 nitrogen and oxygen atoms in total. The lowest BCUT2D eigenvalue weighted by Gasteiger charge is -2.41. The number of hydrogen-bond acceptors (Lipinski definition) is 4. The minimum atomic E-state index is -0.0473. The molecule has 0 spiro atoms. The van der Waals surface area contributed by atoms with E-state index in [4.69, 9.17) is 0 Å². The fraction of sp³-hybridized carbons (Fsp3) is 0.650. The molecule has 1 heterocycles. The van der Waals surface area contributed by atoms with Gasteiger partial charge in [-0.15, -0.1) is 0 Å². The van der Waals surface area contributed by atoms with Crippen molar-refractivity contribution in [1.29, 1.82) is 0 Å². The summed E-state index contributed by atoms with van der Waals surface area (Å²) < 4.78 is 0. The van der Waals surface area contributed by atoms with E-state index in [9.17, 15) is 9.90 Å². The van der Waals surface area contributed by atoms with E-state index in [1.807, 2.05) is 24.1 Å². The van der Waals surface area contributed by atoms with Crippen molar-refractivity contribution in [2.45, 2.75) is 51.1 Å². The molecular weight excluding hydrogens is 314 g/mol. The predicted molar refractivity (Wildman–Crippen MR) is 101 cm³/mol. The Morgan fingerprint density at radius 2 is 1.68 bits per heavy atom. The number of anilines is 1. The zero-order valence-corrected chi connectivity index (χ0v) is 15.5. The Kier molecular flexibility index (Phi) is 5.84. The number of carbonyl (C=O) groups is 1. The van der Waals surface area contributed by atoms with Crippen molar-refractivity contribution in [3.63, 3.8) is 0 Å². The van der Waals surface area contributed by atoms with E-state index in [0.29, 0.717) is 11.8 Å². The van der Waals surface area contributed by atoms with Gasteiger partial charge in [0.15, 0.2) is 0 Å². The summed E-state index contributed by atoms with van der Waals surface area (Å²) in [6.07, 6.45) is 6.13. The summed E-state index contributed by atoms with van der Waals surface area (Å²) in [4.78, 5) is 19.5. The number of likely N-dealkylation sites (N-methyl/N-ethyl adjacent to an activating group) is 1. The maximum Gasteiger partial charge on any atom is 0.239 e. The van der Waals surface area contributed by atoms with Crippen LogP contribution in [0.5, 0.6) is 5.75 Å². The molecule has 138 valence electrons. The number of piperazine rings is 1. The third kappa shape index (κ3) is 4.27. The van der Waals surface area contributed by atoms with Crippen LogP contribution in [0.2, 0.25) is 0 Å². The van der Waals surface area contributed by atoms with Gasteiger partial charge in [-0.2, -0.15) is 0 Å². The summed E-state index contributed by atoms with van der Waals surface area (Å²) in [7, 11) is 1.99. The van der Waals surface area contributed by atoms with Gasteiger partial charge in [-0.25, -0.2) is 0 Å². The highest BCUT2D eigenvalue weighted by Gasteiger charge is 2.30. The number of carbonyl (C=O) groups excluding carboxylic acids is 1. The monoisotopic (exact) mass is 345 g/mol. The molecular formula is C20H31N3O2. The Balaban J connectivity index is 1.52. The van der Waals surface area contributed by atoms with Crippen LogP contribution >= 0.6 is 0 Å². The Labute approximate surface area is 151 Å². The summed E-state index contributed by atoms with van der Waals surface area (Å²) in [5.41, 5.74) is 1.13. The average molecular weight is 345 g/mol. The lowest BCUT2D eigenvalue weighted by atomic mass is 9.94. The molecule has 0 radical (unpaired) electrons. The van der Waals surface area contributed by atoms with Crippen molar-refractivity contribution in [1.82, 2.24) is 9.80 Å². The number of hydrogen-bond donors (Lipinski definition) is 1. The molecule has 1 saturated heterocycles. The van der Waals surface area contributed by atoms with E-state index < -0.39 is 0 Å². The van der Waals surface area contributed by atoms with Crippen LogP contribution in [0.1, 0.15) is 39.0 Å². The highest BCUT2D eigenvalue weighted by Crippen LogP contribution is 2.24. The van der Waals surface area contributed by atoms with E-state index in [2.05, 4.69) is 16.7 Å². The highest BCUT2D eigenvalue weighted by molar-refractivity contribution is 5.81. The van der Waals surface area contributed by atoms with Crippen molar-refractivity contribution >= 4 is 11.6 Å². The summed E-state index contributed by atoms with van der Waals surface area (Å²) in [5.74, 6) is 0.567. The predicted octanol–water partition coefficient (Wildman–Crippen LogP) is 2.69. The Morgan fingerprint density at radius 1 is 1.08 bits per heavy atom. The zero-order valence-electron chi connectivity index (χ0n) is 15.5. The third-order valence-electron chi connectivity index (χ3n) is 5.90. The molecule has 1 amide bonds. The number of phenols is 1. The molecule has 2 aliphatic rings. The molecule has 0 bridgehead atoms. The van der Waals surface area contributed by atoms with Crippen LogP contribution in [0.4, 0.5) is 5.69 Å². The first-order chi connectivity index (χ1) is 12.1. The number of nitrogens with zero attached hydrogens (tertiary/aromatic N) is 3. The van der Waals surface area contributed by atoms with Crippen molar-refractivity contribution < 1.29 is 9.90 Å². The fourth-order valence-electron chi connectivity index (χ4n) is 4.13. The van der Waals surface area contributed by atoms with Crippen LogP contribution in [0.3, 0.4) is 0 Å². The van der Waals surface area contributed by atoms with E-state index in [0.717, 1.165) is 44.7 Å². The maximum absolute atomic E-state index is 12.9. The molecule has 1 N–H and O–H groups in total. The van der Waals surface area contributed by atoms with Gasteiger partial charge < -0.3 is 14.9 Å². The molecule has 0 unspecified atom stereocenters. The largest absolute Gasteiger partial charge is 0.508 e. The lowest BCUT2D eigenvalue weighted by molar-refractivity contribution is -0.138. The van der Waals surface area contributed by atoms with E-state index in [-0.39, 0.29) is 11.9 Å². The molecule has 1 atom stereocenters. The van der Waals surface area contributed by atoms with Crippen molar-refractivity contribution in [2.75, 3.05) is 38.1 Å². The van der Waals surface area contributed by atoms with Crippen LogP contribution in [0, 0.1) is 0 Å². The molecule has 5 heteroatoms. The summed E-state index contributed by atoms with van der Waals surface area (Å²) in [6, 6.07) is 7.75. The summed E-state index contributed by atoms with van der Waals surface area (Å²) in [6.45, 7) is 5.67. The van der Waals surface area contributed by atoms with Gasteiger partial charge in [0.2, 0.25) is 5.91 Å². The number of rotatable bonds is 4. The van der Waals surface area contributed by atoms with E-state index in [1.54, 1.807) is 12.1 Å². The van der Waals surface area contributed by atoms with Crippen LogP contribution in [0.15, 0.2) is 24.3 Å². The van der Waals surface area contributed by atoms with Crippen molar-refractivity contribution in [3.05, 3.63) is 24.3 Å². The second-order valence-electron chi connectivity index (χ2n) is 7.46. The van der Waals surface area contributed by atoms with E-state index in [1.165, 1.54) is 19.3 Å². The van der Waals surface area contributed by atoms with Crippen molar-refractivity contribution in [2.24, 2.45) is 0 Å². The van der Waals surface area contributed by atoms with Gasteiger partial charge in [0, 0.05) is 45.0 Å². The first-order valence-corrected chi connectivity index (χ1v) is 9.61. The molecule has 3 rings (SSSR count). The fourth-order valence-corrected chi connectivity index (χ4v) is 4.13. The molecule has 1 aliphatic heterocycles. The lowest BCUT2D eigenvalue weighted by Crippen LogP contribution is -2.55.